The van der Waals surface area contributed by atoms with Crippen molar-refractivity contribution in [1.82, 2.24) is 0 Å². The summed E-state index contributed by atoms with van der Waals surface area (Å²) in [7, 11) is 1.62. The van der Waals surface area contributed by atoms with Crippen molar-refractivity contribution in [2.45, 2.75) is 39.1 Å². The zero-order valence-electron chi connectivity index (χ0n) is 15.5. The Morgan fingerprint density at radius 3 is 1.96 bits per heavy atom. The molecule has 0 radical (unpaired) electrons. The van der Waals surface area contributed by atoms with Crippen molar-refractivity contribution in [2.75, 3.05) is 26.9 Å². The summed E-state index contributed by atoms with van der Waals surface area (Å²) < 4.78 is 15.8. The van der Waals surface area contributed by atoms with E-state index in [0.29, 0.717) is 18.8 Å². The third-order valence-corrected chi connectivity index (χ3v) is 3.07. The number of carbonyl (C=O) groups is 1. The summed E-state index contributed by atoms with van der Waals surface area (Å²) in [6, 6.07) is 8.30. The fourth-order valence-electron chi connectivity index (χ4n) is 1.51. The number of aromatic carboxylic acids is 1. The lowest BCUT2D eigenvalue weighted by molar-refractivity contribution is -0.759. The number of hydrogen-bond donors (Lipinski definition) is 1. The van der Waals surface area contributed by atoms with Crippen molar-refractivity contribution in [3.8, 4) is 0 Å². The summed E-state index contributed by atoms with van der Waals surface area (Å²) in [6.07, 6.45) is -0.398. The number of methoxy groups -OCH3 is 1. The molecule has 26 heavy (non-hydrogen) atoms. The molecule has 0 saturated carbocycles. The van der Waals surface area contributed by atoms with Crippen molar-refractivity contribution >= 4 is 5.97 Å². The molecule has 0 heterocycles. The predicted molar refractivity (Wildman–Crippen MR) is 93.6 cm³/mol. The van der Waals surface area contributed by atoms with E-state index >= 15 is 0 Å². The summed E-state index contributed by atoms with van der Waals surface area (Å²) in [6.45, 7) is 6.24. The maximum absolute atomic E-state index is 10.2. The third-order valence-electron chi connectivity index (χ3n) is 3.07. The van der Waals surface area contributed by atoms with E-state index in [2.05, 4.69) is 4.84 Å². The van der Waals surface area contributed by atoms with Crippen LogP contribution in [0.15, 0.2) is 30.3 Å². The van der Waals surface area contributed by atoms with E-state index in [1.807, 2.05) is 13.8 Å². The average Bonchev–Trinajstić information content (AvgIpc) is 2.63. The van der Waals surface area contributed by atoms with Crippen LogP contribution in [0.2, 0.25) is 0 Å². The molecule has 0 bridgehead atoms. The molecule has 0 aromatic heterocycles. The molecule has 9 heteroatoms. The number of benzene rings is 1. The van der Waals surface area contributed by atoms with Crippen LogP contribution < -0.4 is 0 Å². The van der Waals surface area contributed by atoms with Crippen LogP contribution in [-0.4, -0.2) is 61.4 Å². The standard InChI is InChI=1S/C10H21NO6.C7H6O2/c1-8(14-4)5-15-9(2)6-16-10(3)7-17-11(12)13;8-7(9)6-4-2-1-3-5-6/h8-10H,5-7H2,1-4H3;1-5H,(H,8,9). The largest absolute Gasteiger partial charge is 0.478 e. The highest BCUT2D eigenvalue weighted by molar-refractivity contribution is 5.87. The van der Waals surface area contributed by atoms with Gasteiger partial charge < -0.3 is 24.2 Å². The number of hydrogen-bond acceptors (Lipinski definition) is 7. The molecule has 1 N–H and O–H groups in total. The molecular formula is C17H27NO8. The van der Waals surface area contributed by atoms with Gasteiger partial charge in [0, 0.05) is 7.11 Å². The van der Waals surface area contributed by atoms with Crippen LogP contribution >= 0.6 is 0 Å². The molecular weight excluding hydrogens is 346 g/mol. The summed E-state index contributed by atoms with van der Waals surface area (Å²) in [5.74, 6) is -0.879. The van der Waals surface area contributed by atoms with Crippen LogP contribution in [0.25, 0.3) is 0 Å². The lowest BCUT2D eigenvalue weighted by atomic mass is 10.2. The second-order valence-electron chi connectivity index (χ2n) is 5.52. The Balaban J connectivity index is 0.000000577. The van der Waals surface area contributed by atoms with Crippen molar-refractivity contribution in [3.63, 3.8) is 0 Å². The van der Waals surface area contributed by atoms with E-state index in [1.54, 1.807) is 44.4 Å². The molecule has 9 nitrogen and oxygen atoms in total. The molecule has 3 unspecified atom stereocenters. The van der Waals surface area contributed by atoms with Gasteiger partial charge in [0.15, 0.2) is 0 Å². The van der Waals surface area contributed by atoms with E-state index in [1.165, 1.54) is 0 Å². The Labute approximate surface area is 152 Å². The van der Waals surface area contributed by atoms with Crippen LogP contribution in [-0.2, 0) is 19.0 Å². The molecule has 148 valence electrons. The molecule has 0 spiro atoms. The number of ether oxygens (including phenoxy) is 3. The summed E-state index contributed by atoms with van der Waals surface area (Å²) in [4.78, 5) is 24.3. The lowest BCUT2D eigenvalue weighted by Gasteiger charge is -2.18. The molecule has 1 rings (SSSR count). The fourth-order valence-corrected chi connectivity index (χ4v) is 1.51. The highest BCUT2D eigenvalue weighted by atomic mass is 17.0. The van der Waals surface area contributed by atoms with E-state index in [4.69, 9.17) is 19.3 Å². The fraction of sp³-hybridized carbons (Fsp3) is 0.588. The van der Waals surface area contributed by atoms with E-state index in [-0.39, 0.29) is 24.9 Å². The molecule has 3 atom stereocenters. The molecule has 0 amide bonds. The van der Waals surface area contributed by atoms with Crippen LogP contribution in [0.5, 0.6) is 0 Å². The van der Waals surface area contributed by atoms with E-state index in [9.17, 15) is 14.9 Å². The van der Waals surface area contributed by atoms with Crippen LogP contribution in [0.3, 0.4) is 0 Å². The molecule has 1 aromatic carbocycles. The SMILES string of the molecule is COC(C)COC(C)COC(C)CO[N+](=O)[O-].O=C(O)c1ccccc1. The van der Waals surface area contributed by atoms with Crippen molar-refractivity contribution in [1.29, 1.82) is 0 Å². The van der Waals surface area contributed by atoms with Gasteiger partial charge in [-0.15, -0.1) is 10.1 Å². The molecule has 0 aliphatic heterocycles. The first-order chi connectivity index (χ1) is 12.3. The first-order valence-electron chi connectivity index (χ1n) is 8.07. The van der Waals surface area contributed by atoms with Gasteiger partial charge in [0.05, 0.1) is 37.1 Å². The molecule has 0 saturated heterocycles. The minimum atomic E-state index is -0.879. The Morgan fingerprint density at radius 1 is 1.04 bits per heavy atom. The number of carboxylic acids is 1. The summed E-state index contributed by atoms with van der Waals surface area (Å²) in [5, 5.41) is 17.5. The van der Waals surface area contributed by atoms with Gasteiger partial charge in [-0.05, 0) is 32.9 Å². The van der Waals surface area contributed by atoms with Gasteiger partial charge in [0.1, 0.15) is 6.61 Å². The Hall–Kier alpha value is -2.23. The highest BCUT2D eigenvalue weighted by Gasteiger charge is 2.10. The number of nitrogens with zero attached hydrogens (tertiary/aromatic N) is 1. The third kappa shape index (κ3) is 13.1. The molecule has 0 aliphatic rings. The minimum absolute atomic E-state index is 0.0349. The van der Waals surface area contributed by atoms with Gasteiger partial charge in [0.25, 0.3) is 5.09 Å². The Kier molecular flexibility index (Phi) is 12.8. The highest BCUT2D eigenvalue weighted by Crippen LogP contribution is 2.00. The first-order valence-corrected chi connectivity index (χ1v) is 8.07. The van der Waals surface area contributed by atoms with Crippen LogP contribution in [0.4, 0.5) is 0 Å². The quantitative estimate of drug-likeness (QED) is 0.464. The smallest absolute Gasteiger partial charge is 0.335 e. The predicted octanol–water partition coefficient (Wildman–Crippen LogP) is 2.42. The Morgan fingerprint density at radius 2 is 1.54 bits per heavy atom. The van der Waals surface area contributed by atoms with Crippen LogP contribution in [0.1, 0.15) is 31.1 Å². The topological polar surface area (TPSA) is 117 Å². The number of rotatable bonds is 11. The molecule has 0 aliphatic carbocycles. The van der Waals surface area contributed by atoms with Gasteiger partial charge in [-0.25, -0.2) is 4.79 Å². The van der Waals surface area contributed by atoms with Gasteiger partial charge in [-0.2, -0.15) is 0 Å². The van der Waals surface area contributed by atoms with Gasteiger partial charge >= 0.3 is 5.97 Å². The maximum Gasteiger partial charge on any atom is 0.335 e. The zero-order chi connectivity index (χ0) is 19.9. The number of carboxylic acid groups (broad SMARTS) is 1. The Bertz CT molecular complexity index is 511. The van der Waals surface area contributed by atoms with Crippen molar-refractivity contribution in [3.05, 3.63) is 46.0 Å². The molecule has 0 fully saturated rings. The van der Waals surface area contributed by atoms with E-state index in [0.717, 1.165) is 0 Å². The summed E-state index contributed by atoms with van der Waals surface area (Å²) in [5.41, 5.74) is 0.331. The lowest BCUT2D eigenvalue weighted by Crippen LogP contribution is -2.26. The van der Waals surface area contributed by atoms with Crippen molar-refractivity contribution < 1.29 is 34.0 Å². The summed E-state index contributed by atoms with van der Waals surface area (Å²) >= 11 is 0. The normalized spacial score (nSPS) is 13.7. The van der Waals surface area contributed by atoms with Gasteiger partial charge in [-0.3, -0.25) is 0 Å². The minimum Gasteiger partial charge on any atom is -0.478 e. The zero-order valence-corrected chi connectivity index (χ0v) is 15.5. The van der Waals surface area contributed by atoms with E-state index < -0.39 is 11.1 Å². The van der Waals surface area contributed by atoms with Crippen molar-refractivity contribution in [2.24, 2.45) is 0 Å². The maximum atomic E-state index is 10.2. The average molecular weight is 373 g/mol. The second-order valence-corrected chi connectivity index (χ2v) is 5.52. The second kappa shape index (κ2) is 14.0. The monoisotopic (exact) mass is 373 g/mol. The van der Waals surface area contributed by atoms with Gasteiger partial charge in [-0.1, -0.05) is 18.2 Å². The first kappa shape index (κ1) is 23.8. The molecule has 1 aromatic rings. The van der Waals surface area contributed by atoms with Gasteiger partial charge in [0.2, 0.25) is 0 Å². The van der Waals surface area contributed by atoms with Crippen LogP contribution in [0, 0.1) is 10.1 Å².